The van der Waals surface area contributed by atoms with Crippen molar-refractivity contribution in [2.45, 2.75) is 13.1 Å². The second-order valence-electron chi connectivity index (χ2n) is 3.72. The Balaban J connectivity index is 3.03. The zero-order valence-corrected chi connectivity index (χ0v) is 10.8. The molecule has 8 heteroatoms. The molecule has 4 nitrogen and oxygen atoms in total. The molecular weight excluding hydrogens is 297 g/mol. The molecule has 0 saturated heterocycles. The van der Waals surface area contributed by atoms with Crippen molar-refractivity contribution in [2.75, 3.05) is 5.32 Å². The number of hydrogen-bond acceptors (Lipinski definition) is 3. The number of halogens is 4. The van der Waals surface area contributed by atoms with E-state index in [0.29, 0.717) is 6.07 Å². The lowest BCUT2D eigenvalue weighted by molar-refractivity contribution is -0.137. The highest BCUT2D eigenvalue weighted by molar-refractivity contribution is 6.31. The smallest absolute Gasteiger partial charge is 0.417 e. The van der Waals surface area contributed by atoms with Gasteiger partial charge in [0.2, 0.25) is 0 Å². The van der Waals surface area contributed by atoms with Crippen LogP contribution in [0.1, 0.15) is 12.5 Å². The molecule has 0 aliphatic heterocycles. The van der Waals surface area contributed by atoms with Crippen LogP contribution >= 0.6 is 11.6 Å². The monoisotopic (exact) mass is 304 g/mol. The van der Waals surface area contributed by atoms with Crippen LogP contribution in [0.4, 0.5) is 18.9 Å². The van der Waals surface area contributed by atoms with Gasteiger partial charge in [-0.25, -0.2) is 0 Å². The molecule has 0 bridgehead atoms. The van der Waals surface area contributed by atoms with Crippen LogP contribution in [0.3, 0.4) is 0 Å². The molecule has 0 aliphatic rings. The summed E-state index contributed by atoms with van der Waals surface area (Å²) in [5.74, 6) is -1.44. The summed E-state index contributed by atoms with van der Waals surface area (Å²) in [5, 5.41) is 19.3. The Kier molecular flexibility index (Phi) is 4.63. The van der Waals surface area contributed by atoms with Crippen molar-refractivity contribution in [3.63, 3.8) is 0 Å². The number of hydrogen-bond donors (Lipinski definition) is 2. The number of nitrogens with zero attached hydrogens (tertiary/aromatic N) is 1. The van der Waals surface area contributed by atoms with Crippen LogP contribution in [-0.4, -0.2) is 11.0 Å². The van der Waals surface area contributed by atoms with E-state index in [1.807, 2.05) is 0 Å². The second kappa shape index (κ2) is 5.84. The fraction of sp³-hybridized carbons (Fsp3) is 0.167. The summed E-state index contributed by atoms with van der Waals surface area (Å²) in [6.07, 6.45) is -4.60. The number of aliphatic hydroxyl groups excluding tert-OH is 1. The minimum atomic E-state index is -4.60. The van der Waals surface area contributed by atoms with Gasteiger partial charge in [-0.05, 0) is 25.1 Å². The molecule has 0 heterocycles. The summed E-state index contributed by atoms with van der Waals surface area (Å²) in [5.41, 5.74) is -1.60. The molecule has 0 saturated carbocycles. The predicted molar refractivity (Wildman–Crippen MR) is 66.0 cm³/mol. The zero-order valence-electron chi connectivity index (χ0n) is 10.0. The Morgan fingerprint density at radius 1 is 1.45 bits per heavy atom. The maximum atomic E-state index is 12.5. The van der Waals surface area contributed by atoms with Crippen LogP contribution in [0.15, 0.2) is 29.5 Å². The van der Waals surface area contributed by atoms with Crippen molar-refractivity contribution in [1.82, 2.24) is 0 Å². The fourth-order valence-electron chi connectivity index (χ4n) is 1.31. The van der Waals surface area contributed by atoms with E-state index in [9.17, 15) is 18.0 Å². The standard InChI is InChI=1S/C12H8ClF3N2O2/c1-6(19)8(5-17)11(20)18-7-2-3-9(10(13)4-7)12(14,15)16/h2-4,19H,1H3,(H,18,20)/b8-6-. The van der Waals surface area contributed by atoms with Crippen molar-refractivity contribution >= 4 is 23.2 Å². The molecule has 1 aromatic carbocycles. The van der Waals surface area contributed by atoms with Crippen LogP contribution in [-0.2, 0) is 11.0 Å². The highest BCUT2D eigenvalue weighted by Crippen LogP contribution is 2.35. The van der Waals surface area contributed by atoms with Crippen molar-refractivity contribution in [1.29, 1.82) is 5.26 Å². The van der Waals surface area contributed by atoms with Gasteiger partial charge in [0, 0.05) is 5.69 Å². The molecule has 1 aromatic rings. The Hall–Kier alpha value is -2.20. The summed E-state index contributed by atoms with van der Waals surface area (Å²) in [6.45, 7) is 1.14. The number of allylic oxidation sites excluding steroid dienone is 1. The van der Waals surface area contributed by atoms with E-state index < -0.39 is 34.0 Å². The molecule has 106 valence electrons. The van der Waals surface area contributed by atoms with Gasteiger partial charge in [-0.3, -0.25) is 4.79 Å². The third-order valence-electron chi connectivity index (χ3n) is 2.23. The number of alkyl halides is 3. The van der Waals surface area contributed by atoms with E-state index in [-0.39, 0.29) is 5.69 Å². The van der Waals surface area contributed by atoms with Gasteiger partial charge in [-0.2, -0.15) is 18.4 Å². The molecule has 0 atom stereocenters. The normalized spacial score (nSPS) is 12.4. The van der Waals surface area contributed by atoms with Crippen molar-refractivity contribution in [3.05, 3.63) is 40.1 Å². The predicted octanol–water partition coefficient (Wildman–Crippen LogP) is 3.65. The first kappa shape index (κ1) is 15.9. The summed E-state index contributed by atoms with van der Waals surface area (Å²) in [4.78, 5) is 11.6. The van der Waals surface area contributed by atoms with Gasteiger partial charge in [0.15, 0.2) is 5.57 Å². The molecule has 0 aliphatic carbocycles. The maximum absolute atomic E-state index is 12.5. The van der Waals surface area contributed by atoms with Crippen molar-refractivity contribution < 1.29 is 23.1 Å². The van der Waals surface area contributed by atoms with Crippen LogP contribution in [0, 0.1) is 11.3 Å². The molecule has 20 heavy (non-hydrogen) atoms. The van der Waals surface area contributed by atoms with Crippen LogP contribution in [0.5, 0.6) is 0 Å². The quantitative estimate of drug-likeness (QED) is 0.497. The lowest BCUT2D eigenvalue weighted by atomic mass is 10.2. The number of anilines is 1. The molecule has 1 amide bonds. The Labute approximate surface area is 117 Å². The van der Waals surface area contributed by atoms with Crippen LogP contribution in [0.25, 0.3) is 0 Å². The van der Waals surface area contributed by atoms with E-state index >= 15 is 0 Å². The lowest BCUT2D eigenvalue weighted by Crippen LogP contribution is -2.15. The van der Waals surface area contributed by atoms with E-state index in [2.05, 4.69) is 5.32 Å². The first-order valence-corrected chi connectivity index (χ1v) is 5.52. The molecule has 0 aromatic heterocycles. The van der Waals surface area contributed by atoms with Gasteiger partial charge in [0.05, 0.1) is 10.6 Å². The SMILES string of the molecule is C/C(O)=C(\C#N)C(=O)Nc1ccc(C(F)(F)F)c(Cl)c1. The Morgan fingerprint density at radius 3 is 2.45 bits per heavy atom. The maximum Gasteiger partial charge on any atom is 0.417 e. The average molecular weight is 305 g/mol. The minimum Gasteiger partial charge on any atom is -0.511 e. The van der Waals surface area contributed by atoms with Crippen LogP contribution < -0.4 is 5.32 Å². The Bertz CT molecular complexity index is 614. The number of nitrogens with one attached hydrogen (secondary N) is 1. The van der Waals surface area contributed by atoms with Crippen molar-refractivity contribution in [2.24, 2.45) is 0 Å². The third kappa shape index (κ3) is 3.65. The number of rotatable bonds is 2. The van der Waals surface area contributed by atoms with E-state index in [4.69, 9.17) is 22.0 Å². The van der Waals surface area contributed by atoms with E-state index in [1.54, 1.807) is 0 Å². The van der Waals surface area contributed by atoms with Gasteiger partial charge in [0.1, 0.15) is 11.8 Å². The van der Waals surface area contributed by atoms with Gasteiger partial charge in [-0.15, -0.1) is 0 Å². The first-order chi connectivity index (χ1) is 9.16. The average Bonchev–Trinajstić information content (AvgIpc) is 2.27. The molecule has 0 radical (unpaired) electrons. The topological polar surface area (TPSA) is 73.1 Å². The van der Waals surface area contributed by atoms with Crippen LogP contribution in [0.2, 0.25) is 5.02 Å². The van der Waals surface area contributed by atoms with Gasteiger partial charge < -0.3 is 10.4 Å². The molecule has 0 spiro atoms. The highest BCUT2D eigenvalue weighted by atomic mass is 35.5. The van der Waals surface area contributed by atoms with Crippen molar-refractivity contribution in [3.8, 4) is 6.07 Å². The number of amides is 1. The largest absolute Gasteiger partial charge is 0.511 e. The molecule has 0 unspecified atom stereocenters. The Morgan fingerprint density at radius 2 is 2.05 bits per heavy atom. The summed E-state index contributed by atoms with van der Waals surface area (Å²) >= 11 is 5.48. The fourth-order valence-corrected chi connectivity index (χ4v) is 1.60. The summed E-state index contributed by atoms with van der Waals surface area (Å²) in [6, 6.07) is 4.09. The van der Waals surface area contributed by atoms with Gasteiger partial charge in [-0.1, -0.05) is 11.6 Å². The number of aliphatic hydroxyl groups is 1. The molecule has 2 N–H and O–H groups in total. The van der Waals surface area contributed by atoms with Gasteiger partial charge >= 0.3 is 6.18 Å². The molecule has 0 fully saturated rings. The lowest BCUT2D eigenvalue weighted by Gasteiger charge is -2.11. The van der Waals surface area contributed by atoms with Gasteiger partial charge in [0.25, 0.3) is 5.91 Å². The zero-order chi connectivity index (χ0) is 15.5. The third-order valence-corrected chi connectivity index (χ3v) is 2.55. The number of carbonyl (C=O) groups is 1. The summed E-state index contributed by atoms with van der Waals surface area (Å²) < 4.78 is 37.4. The minimum absolute atomic E-state index is 0.0259. The first-order valence-electron chi connectivity index (χ1n) is 5.15. The highest BCUT2D eigenvalue weighted by Gasteiger charge is 2.33. The summed E-state index contributed by atoms with van der Waals surface area (Å²) in [7, 11) is 0. The molecule has 1 rings (SSSR count). The second-order valence-corrected chi connectivity index (χ2v) is 4.13. The van der Waals surface area contributed by atoms with E-state index in [0.717, 1.165) is 19.1 Å². The number of benzene rings is 1. The number of carbonyl (C=O) groups excluding carboxylic acids is 1. The number of nitriles is 1. The van der Waals surface area contributed by atoms with E-state index in [1.165, 1.54) is 6.07 Å². The molecular formula is C12H8ClF3N2O2.